The molecule has 0 unspecified atom stereocenters. The number of carbonyl (C=O) groups is 1. The van der Waals surface area contributed by atoms with Gasteiger partial charge < -0.3 is 9.84 Å². The first-order valence-corrected chi connectivity index (χ1v) is 5.08. The highest BCUT2D eigenvalue weighted by atomic mass is 16.5. The van der Waals surface area contributed by atoms with E-state index in [9.17, 15) is 4.79 Å². The van der Waals surface area contributed by atoms with Crippen LogP contribution in [0.25, 0.3) is 0 Å². The fraction of sp³-hybridized carbons (Fsp3) is 0.600. The fourth-order valence-corrected chi connectivity index (χ4v) is 1.83. The smallest absolute Gasteiger partial charge is 0.356 e. The molecule has 0 saturated heterocycles. The molecule has 0 spiro atoms. The van der Waals surface area contributed by atoms with Crippen LogP contribution in [0.3, 0.4) is 0 Å². The molecule has 1 aromatic rings. The molecular formula is C10H14N2O3. The van der Waals surface area contributed by atoms with Crippen molar-refractivity contribution in [3.8, 4) is 5.88 Å². The van der Waals surface area contributed by atoms with Gasteiger partial charge in [0.1, 0.15) is 0 Å². The number of carboxylic acids is 1. The van der Waals surface area contributed by atoms with Crippen LogP contribution >= 0.6 is 0 Å². The predicted octanol–water partition coefficient (Wildman–Crippen LogP) is 1.49. The number of ether oxygens (including phenoxy) is 1. The van der Waals surface area contributed by atoms with Crippen LogP contribution in [-0.2, 0) is 6.54 Å². The van der Waals surface area contributed by atoms with Crippen molar-refractivity contribution < 1.29 is 14.6 Å². The van der Waals surface area contributed by atoms with Crippen LogP contribution in [0.5, 0.6) is 5.88 Å². The normalized spacial score (nSPS) is 14.9. The average molecular weight is 210 g/mol. The van der Waals surface area contributed by atoms with Crippen molar-refractivity contribution in [2.24, 2.45) is 0 Å². The average Bonchev–Trinajstić information content (AvgIpc) is 2.56. The lowest BCUT2D eigenvalue weighted by atomic mass is 10.0. The minimum Gasteiger partial charge on any atom is -0.478 e. The lowest BCUT2D eigenvalue weighted by molar-refractivity contribution is 0.0688. The molecule has 15 heavy (non-hydrogen) atoms. The minimum absolute atomic E-state index is 0.109. The summed E-state index contributed by atoms with van der Waals surface area (Å²) in [7, 11) is 0. The number of aromatic carboxylic acids is 1. The standard InChI is InChI=1S/C10H14N2O3/c1-6(2)7-8(10(13)14)11-12-4-3-5-15-9(7)12/h6H,3-5H2,1-2H3,(H,13,14). The van der Waals surface area contributed by atoms with Gasteiger partial charge in [-0.05, 0) is 5.92 Å². The van der Waals surface area contributed by atoms with Gasteiger partial charge in [-0.15, -0.1) is 0 Å². The Morgan fingerprint density at radius 2 is 2.33 bits per heavy atom. The highest BCUT2D eigenvalue weighted by Crippen LogP contribution is 2.32. The van der Waals surface area contributed by atoms with Crippen LogP contribution in [0.2, 0.25) is 0 Å². The van der Waals surface area contributed by atoms with Gasteiger partial charge in [0.2, 0.25) is 5.88 Å². The molecule has 0 radical (unpaired) electrons. The monoisotopic (exact) mass is 210 g/mol. The summed E-state index contributed by atoms with van der Waals surface area (Å²) >= 11 is 0. The maximum atomic E-state index is 11.0. The van der Waals surface area contributed by atoms with Crippen LogP contribution in [0.15, 0.2) is 0 Å². The maximum Gasteiger partial charge on any atom is 0.356 e. The van der Waals surface area contributed by atoms with E-state index in [1.54, 1.807) is 4.68 Å². The number of hydrogen-bond donors (Lipinski definition) is 1. The lowest BCUT2D eigenvalue weighted by Crippen LogP contribution is -2.15. The molecule has 5 nitrogen and oxygen atoms in total. The van der Waals surface area contributed by atoms with Crippen molar-refractivity contribution in [2.75, 3.05) is 6.61 Å². The maximum absolute atomic E-state index is 11.0. The van der Waals surface area contributed by atoms with Gasteiger partial charge in [0.15, 0.2) is 5.69 Å². The quantitative estimate of drug-likeness (QED) is 0.803. The first-order valence-electron chi connectivity index (χ1n) is 5.08. The van der Waals surface area contributed by atoms with Gasteiger partial charge in [0, 0.05) is 13.0 Å². The number of hydrogen-bond acceptors (Lipinski definition) is 3. The summed E-state index contributed by atoms with van der Waals surface area (Å²) in [6, 6.07) is 0. The Kier molecular flexibility index (Phi) is 2.38. The van der Waals surface area contributed by atoms with Crippen molar-refractivity contribution in [3.63, 3.8) is 0 Å². The molecule has 0 atom stereocenters. The molecule has 2 rings (SSSR count). The summed E-state index contributed by atoms with van der Waals surface area (Å²) in [5.74, 6) is -0.240. The van der Waals surface area contributed by atoms with E-state index in [2.05, 4.69) is 5.10 Å². The van der Waals surface area contributed by atoms with Crippen molar-refractivity contribution in [1.82, 2.24) is 9.78 Å². The second-order valence-electron chi connectivity index (χ2n) is 3.95. The number of carboxylic acid groups (broad SMARTS) is 1. The van der Waals surface area contributed by atoms with Gasteiger partial charge in [-0.25, -0.2) is 9.48 Å². The summed E-state index contributed by atoms with van der Waals surface area (Å²) in [6.45, 7) is 5.28. The Morgan fingerprint density at radius 3 is 2.93 bits per heavy atom. The summed E-state index contributed by atoms with van der Waals surface area (Å²) in [6.07, 6.45) is 0.880. The van der Waals surface area contributed by atoms with Crippen molar-refractivity contribution in [1.29, 1.82) is 0 Å². The van der Waals surface area contributed by atoms with Gasteiger partial charge in [-0.1, -0.05) is 13.8 Å². The molecule has 0 fully saturated rings. The molecular weight excluding hydrogens is 196 g/mol. The summed E-state index contributed by atoms with van der Waals surface area (Å²) in [5.41, 5.74) is 0.837. The van der Waals surface area contributed by atoms with Crippen molar-refractivity contribution >= 4 is 5.97 Å². The van der Waals surface area contributed by atoms with Gasteiger partial charge in [0.05, 0.1) is 12.2 Å². The SMILES string of the molecule is CC(C)c1c(C(=O)O)nn2c1OCCC2. The molecule has 0 saturated carbocycles. The van der Waals surface area contributed by atoms with E-state index in [0.29, 0.717) is 18.1 Å². The van der Waals surface area contributed by atoms with E-state index in [-0.39, 0.29) is 11.6 Å². The molecule has 1 N–H and O–H groups in total. The van der Waals surface area contributed by atoms with Crippen LogP contribution in [0.1, 0.15) is 42.2 Å². The minimum atomic E-state index is -0.982. The van der Waals surface area contributed by atoms with E-state index in [0.717, 1.165) is 13.0 Å². The molecule has 1 aliphatic rings. The largest absolute Gasteiger partial charge is 0.478 e. The molecule has 82 valence electrons. The Balaban J connectivity index is 2.56. The molecule has 0 amide bonds. The van der Waals surface area contributed by atoms with E-state index in [1.165, 1.54) is 0 Å². The zero-order valence-corrected chi connectivity index (χ0v) is 8.86. The van der Waals surface area contributed by atoms with Gasteiger partial charge in [-0.2, -0.15) is 5.10 Å². The first kappa shape index (κ1) is 10.0. The third-order valence-electron chi connectivity index (χ3n) is 2.47. The molecule has 2 heterocycles. The Hall–Kier alpha value is -1.52. The van der Waals surface area contributed by atoms with E-state index in [4.69, 9.17) is 9.84 Å². The van der Waals surface area contributed by atoms with Crippen molar-refractivity contribution in [3.05, 3.63) is 11.3 Å². The lowest BCUT2D eigenvalue weighted by Gasteiger charge is -2.16. The number of rotatable bonds is 2. The molecule has 0 aliphatic carbocycles. The van der Waals surface area contributed by atoms with Gasteiger partial charge in [0.25, 0.3) is 0 Å². The van der Waals surface area contributed by atoms with Crippen LogP contribution in [0.4, 0.5) is 0 Å². The molecule has 0 bridgehead atoms. The predicted molar refractivity (Wildman–Crippen MR) is 53.4 cm³/mol. The molecule has 5 heteroatoms. The Morgan fingerprint density at radius 1 is 1.60 bits per heavy atom. The molecule has 1 aliphatic heterocycles. The highest BCUT2D eigenvalue weighted by molar-refractivity contribution is 5.88. The summed E-state index contributed by atoms with van der Waals surface area (Å²) < 4.78 is 7.14. The number of nitrogens with zero attached hydrogens (tertiary/aromatic N) is 2. The van der Waals surface area contributed by atoms with E-state index < -0.39 is 5.97 Å². The highest BCUT2D eigenvalue weighted by Gasteiger charge is 2.27. The van der Waals surface area contributed by atoms with Crippen molar-refractivity contribution in [2.45, 2.75) is 32.7 Å². The van der Waals surface area contributed by atoms with E-state index in [1.807, 2.05) is 13.8 Å². The first-order chi connectivity index (χ1) is 7.11. The van der Waals surface area contributed by atoms with Crippen LogP contribution in [-0.4, -0.2) is 27.5 Å². The summed E-state index contributed by atoms with van der Waals surface area (Å²) in [4.78, 5) is 11.0. The van der Waals surface area contributed by atoms with Crippen LogP contribution < -0.4 is 4.74 Å². The fourth-order valence-electron chi connectivity index (χ4n) is 1.83. The number of fused-ring (bicyclic) bond motifs is 1. The summed E-state index contributed by atoms with van der Waals surface area (Å²) in [5, 5.41) is 13.1. The van der Waals surface area contributed by atoms with Crippen LogP contribution in [0, 0.1) is 0 Å². The van der Waals surface area contributed by atoms with Gasteiger partial charge in [-0.3, -0.25) is 0 Å². The van der Waals surface area contributed by atoms with Gasteiger partial charge >= 0.3 is 5.97 Å². The third kappa shape index (κ3) is 1.58. The topological polar surface area (TPSA) is 64.3 Å². The third-order valence-corrected chi connectivity index (χ3v) is 2.47. The second kappa shape index (κ2) is 3.56. The Bertz CT molecular complexity index is 396. The molecule has 1 aromatic heterocycles. The number of aromatic nitrogens is 2. The number of aryl methyl sites for hydroxylation is 1. The zero-order valence-electron chi connectivity index (χ0n) is 8.86. The zero-order chi connectivity index (χ0) is 11.0. The van der Waals surface area contributed by atoms with E-state index >= 15 is 0 Å². The molecule has 0 aromatic carbocycles. The Labute approximate surface area is 87.7 Å². The second-order valence-corrected chi connectivity index (χ2v) is 3.95.